The number of rotatable bonds is 5. The molecule has 2 saturated carbocycles. The summed E-state index contributed by atoms with van der Waals surface area (Å²) in [5, 5.41) is 15.6. The van der Waals surface area contributed by atoms with Crippen molar-refractivity contribution in [1.29, 1.82) is 0 Å². The van der Waals surface area contributed by atoms with Gasteiger partial charge in [0.2, 0.25) is 0 Å². The molecule has 2 fully saturated rings. The Morgan fingerprint density at radius 2 is 1.74 bits per heavy atom. The molecule has 0 radical (unpaired) electrons. The van der Waals surface area contributed by atoms with E-state index in [0.717, 1.165) is 31.7 Å². The summed E-state index contributed by atoms with van der Waals surface area (Å²) in [6, 6.07) is 3.22. The molecule has 0 atom stereocenters. The van der Waals surface area contributed by atoms with E-state index in [1.54, 1.807) is 0 Å². The van der Waals surface area contributed by atoms with E-state index in [9.17, 15) is 18.7 Å². The number of hydrogen-bond acceptors (Lipinski definition) is 2. The van der Waals surface area contributed by atoms with E-state index >= 15 is 0 Å². The van der Waals surface area contributed by atoms with Gasteiger partial charge in [-0.1, -0.05) is 18.9 Å². The lowest BCUT2D eigenvalue weighted by Crippen LogP contribution is -2.46. The molecule has 2 aliphatic rings. The highest BCUT2D eigenvalue weighted by molar-refractivity contribution is 5.74. The summed E-state index contributed by atoms with van der Waals surface area (Å²) in [7, 11) is 0. The Kier molecular flexibility index (Phi) is 4.27. The third-order valence-electron chi connectivity index (χ3n) is 5.06. The molecule has 3 rings (SSSR count). The van der Waals surface area contributed by atoms with E-state index in [-0.39, 0.29) is 12.6 Å². The van der Waals surface area contributed by atoms with Crippen LogP contribution in [0.3, 0.4) is 0 Å². The van der Waals surface area contributed by atoms with E-state index in [2.05, 4.69) is 10.6 Å². The summed E-state index contributed by atoms with van der Waals surface area (Å²) in [5.41, 5.74) is -0.773. The first-order valence-corrected chi connectivity index (χ1v) is 8.12. The van der Waals surface area contributed by atoms with Crippen molar-refractivity contribution in [2.75, 3.05) is 13.1 Å². The van der Waals surface area contributed by atoms with Crippen LogP contribution in [0.4, 0.5) is 13.6 Å². The highest BCUT2D eigenvalue weighted by Crippen LogP contribution is 2.48. The molecule has 23 heavy (non-hydrogen) atoms. The van der Waals surface area contributed by atoms with Gasteiger partial charge in [-0.25, -0.2) is 13.6 Å². The zero-order valence-electron chi connectivity index (χ0n) is 13.0. The summed E-state index contributed by atoms with van der Waals surface area (Å²) >= 11 is 0. The Labute approximate surface area is 134 Å². The van der Waals surface area contributed by atoms with Crippen LogP contribution in [0.1, 0.15) is 44.1 Å². The quantitative estimate of drug-likeness (QED) is 0.780. The van der Waals surface area contributed by atoms with E-state index in [1.807, 2.05) is 0 Å². The molecular formula is C17H22F2N2O2. The molecule has 3 N–H and O–H groups in total. The lowest BCUT2D eigenvalue weighted by atomic mass is 9.95. The molecule has 0 aromatic heterocycles. The number of amides is 2. The van der Waals surface area contributed by atoms with Crippen LogP contribution in [-0.4, -0.2) is 29.8 Å². The Balaban J connectivity index is 1.52. The van der Waals surface area contributed by atoms with Crippen LogP contribution in [0.15, 0.2) is 18.2 Å². The smallest absolute Gasteiger partial charge is 0.314 e. The molecule has 2 aliphatic carbocycles. The fraction of sp³-hybridized carbons (Fsp3) is 0.588. The minimum absolute atomic E-state index is 0.233. The van der Waals surface area contributed by atoms with Gasteiger partial charge < -0.3 is 15.7 Å². The van der Waals surface area contributed by atoms with Crippen LogP contribution in [-0.2, 0) is 5.41 Å². The molecule has 0 aliphatic heterocycles. The molecule has 2 amide bonds. The number of carbonyl (C=O) groups excluding carboxylic acids is 1. The fourth-order valence-electron chi connectivity index (χ4n) is 3.38. The average molecular weight is 324 g/mol. The summed E-state index contributed by atoms with van der Waals surface area (Å²) in [5.74, 6) is -1.16. The number of benzene rings is 1. The van der Waals surface area contributed by atoms with Gasteiger partial charge >= 0.3 is 6.03 Å². The maximum atomic E-state index is 13.9. The first-order valence-electron chi connectivity index (χ1n) is 8.12. The highest BCUT2D eigenvalue weighted by atomic mass is 19.1. The van der Waals surface area contributed by atoms with Crippen molar-refractivity contribution in [2.45, 2.75) is 49.5 Å². The zero-order valence-corrected chi connectivity index (χ0v) is 13.0. The molecule has 0 bridgehead atoms. The van der Waals surface area contributed by atoms with Crippen molar-refractivity contribution in [3.63, 3.8) is 0 Å². The third-order valence-corrected chi connectivity index (χ3v) is 5.06. The maximum Gasteiger partial charge on any atom is 0.314 e. The molecule has 0 saturated heterocycles. The number of hydrogen-bond donors (Lipinski definition) is 3. The third kappa shape index (κ3) is 3.63. The average Bonchev–Trinajstić information content (AvgIpc) is 3.17. The van der Waals surface area contributed by atoms with Crippen molar-refractivity contribution in [3.05, 3.63) is 35.4 Å². The van der Waals surface area contributed by atoms with Crippen LogP contribution in [0.25, 0.3) is 0 Å². The molecular weight excluding hydrogens is 302 g/mol. The van der Waals surface area contributed by atoms with Crippen molar-refractivity contribution in [2.24, 2.45) is 0 Å². The second kappa shape index (κ2) is 6.07. The Morgan fingerprint density at radius 1 is 1.09 bits per heavy atom. The first-order chi connectivity index (χ1) is 10.9. The van der Waals surface area contributed by atoms with Crippen LogP contribution in [0.2, 0.25) is 0 Å². The summed E-state index contributed by atoms with van der Waals surface area (Å²) in [6.07, 6.45) is 4.90. The standard InChI is InChI=1S/C17H22F2N2O2/c18-12-3-4-13(14(19)9-12)16(7-8-16)10-20-15(22)21-11-17(23)5-1-2-6-17/h3-4,9,23H,1-2,5-8,10-11H2,(H2,20,21,22). The largest absolute Gasteiger partial charge is 0.388 e. The molecule has 126 valence electrons. The Hall–Kier alpha value is -1.69. The highest BCUT2D eigenvalue weighted by Gasteiger charge is 2.46. The Morgan fingerprint density at radius 3 is 2.35 bits per heavy atom. The van der Waals surface area contributed by atoms with Gasteiger partial charge in [0.25, 0.3) is 0 Å². The SMILES string of the molecule is O=C(NCC1(O)CCCC1)NCC1(c2ccc(F)cc2F)CC1. The van der Waals surface area contributed by atoms with Gasteiger partial charge in [-0.05, 0) is 37.3 Å². The van der Waals surface area contributed by atoms with Gasteiger partial charge in [0.05, 0.1) is 5.60 Å². The number of halogens is 2. The van der Waals surface area contributed by atoms with Gasteiger partial charge in [0, 0.05) is 24.6 Å². The molecule has 0 spiro atoms. The zero-order chi connectivity index (χ0) is 16.5. The lowest BCUT2D eigenvalue weighted by Gasteiger charge is -2.23. The molecule has 0 heterocycles. The van der Waals surface area contributed by atoms with E-state index in [1.165, 1.54) is 12.1 Å². The summed E-state index contributed by atoms with van der Waals surface area (Å²) < 4.78 is 26.9. The topological polar surface area (TPSA) is 61.4 Å². The Bertz CT molecular complexity index is 596. The minimum Gasteiger partial charge on any atom is -0.388 e. The molecule has 1 aromatic rings. The monoisotopic (exact) mass is 324 g/mol. The second-order valence-corrected chi connectivity index (χ2v) is 6.87. The van der Waals surface area contributed by atoms with Gasteiger partial charge in [0.1, 0.15) is 11.6 Å². The molecule has 4 nitrogen and oxygen atoms in total. The summed E-state index contributed by atoms with van der Waals surface area (Å²) in [6.45, 7) is 0.538. The van der Waals surface area contributed by atoms with Crippen LogP contribution in [0, 0.1) is 11.6 Å². The maximum absolute atomic E-state index is 13.9. The predicted octanol–water partition coefficient (Wildman–Crippen LogP) is 2.60. The lowest BCUT2D eigenvalue weighted by molar-refractivity contribution is 0.0501. The number of carbonyl (C=O) groups is 1. The van der Waals surface area contributed by atoms with Crippen molar-refractivity contribution in [3.8, 4) is 0 Å². The van der Waals surface area contributed by atoms with Crippen molar-refractivity contribution >= 4 is 6.03 Å². The number of urea groups is 1. The van der Waals surface area contributed by atoms with Crippen LogP contribution < -0.4 is 10.6 Å². The first kappa shape index (κ1) is 16.2. The van der Waals surface area contributed by atoms with Gasteiger partial charge in [-0.3, -0.25) is 0 Å². The van der Waals surface area contributed by atoms with E-state index in [4.69, 9.17) is 0 Å². The van der Waals surface area contributed by atoms with E-state index < -0.39 is 22.7 Å². The normalized spacial score (nSPS) is 21.0. The van der Waals surface area contributed by atoms with E-state index in [0.29, 0.717) is 24.9 Å². The molecule has 6 heteroatoms. The number of nitrogens with one attached hydrogen (secondary N) is 2. The van der Waals surface area contributed by atoms with Gasteiger partial charge in [0.15, 0.2) is 0 Å². The van der Waals surface area contributed by atoms with Gasteiger partial charge in [-0.2, -0.15) is 0 Å². The molecule has 0 unspecified atom stereocenters. The van der Waals surface area contributed by atoms with Crippen LogP contribution in [0.5, 0.6) is 0 Å². The number of aliphatic hydroxyl groups is 1. The minimum atomic E-state index is -0.794. The second-order valence-electron chi connectivity index (χ2n) is 6.87. The van der Waals surface area contributed by atoms with Crippen molar-refractivity contribution in [1.82, 2.24) is 10.6 Å². The predicted molar refractivity (Wildman–Crippen MR) is 82.1 cm³/mol. The van der Waals surface area contributed by atoms with Crippen LogP contribution >= 0.6 is 0 Å². The molecule has 1 aromatic carbocycles. The van der Waals surface area contributed by atoms with Crippen molar-refractivity contribution < 1.29 is 18.7 Å². The summed E-state index contributed by atoms with van der Waals surface area (Å²) in [4.78, 5) is 11.9. The van der Waals surface area contributed by atoms with Gasteiger partial charge in [-0.15, -0.1) is 0 Å². The fourth-order valence-corrected chi connectivity index (χ4v) is 3.38.